The molecule has 2 atom stereocenters. The highest BCUT2D eigenvalue weighted by atomic mass is 32.2. The van der Waals surface area contributed by atoms with E-state index in [2.05, 4.69) is 10.3 Å². The molecule has 0 bridgehead atoms. The number of pyridine rings is 1. The van der Waals surface area contributed by atoms with E-state index < -0.39 is 17.7 Å². The third kappa shape index (κ3) is 5.60. The van der Waals surface area contributed by atoms with Crippen LogP contribution in [0, 0.1) is 0 Å². The minimum absolute atomic E-state index is 0.156. The summed E-state index contributed by atoms with van der Waals surface area (Å²) in [5.41, 5.74) is 0.252. The van der Waals surface area contributed by atoms with Crippen LogP contribution in [0.4, 0.5) is 4.79 Å². The summed E-state index contributed by atoms with van der Waals surface area (Å²) in [6, 6.07) is 3.17. The number of ether oxygens (including phenoxy) is 1. The summed E-state index contributed by atoms with van der Waals surface area (Å²) in [5.74, 6) is 0.365. The average molecular weight is 381 g/mol. The van der Waals surface area contributed by atoms with Crippen molar-refractivity contribution in [2.75, 3.05) is 32.9 Å². The number of aromatic nitrogens is 1. The van der Waals surface area contributed by atoms with Gasteiger partial charge in [-0.15, -0.1) is 11.8 Å². The van der Waals surface area contributed by atoms with Gasteiger partial charge in [-0.1, -0.05) is 6.07 Å². The zero-order valence-electron chi connectivity index (χ0n) is 16.1. The minimum atomic E-state index is -0.629. The molecule has 2 rings (SSSR count). The molecule has 8 heteroatoms. The van der Waals surface area contributed by atoms with Gasteiger partial charge in [0.1, 0.15) is 17.0 Å². The van der Waals surface area contributed by atoms with Crippen molar-refractivity contribution in [3.63, 3.8) is 0 Å². The van der Waals surface area contributed by atoms with Gasteiger partial charge in [-0.2, -0.15) is 0 Å². The predicted molar refractivity (Wildman–Crippen MR) is 103 cm³/mol. The van der Waals surface area contributed by atoms with E-state index in [0.29, 0.717) is 12.3 Å². The Kier molecular flexibility index (Phi) is 6.88. The fourth-order valence-corrected chi connectivity index (χ4v) is 3.95. The lowest BCUT2D eigenvalue weighted by Gasteiger charge is -2.31. The van der Waals surface area contributed by atoms with Gasteiger partial charge in [0.25, 0.3) is 0 Å². The zero-order valence-corrected chi connectivity index (χ0v) is 16.9. The van der Waals surface area contributed by atoms with Gasteiger partial charge in [0.05, 0.1) is 0 Å². The first kappa shape index (κ1) is 20.5. The van der Waals surface area contributed by atoms with E-state index in [9.17, 15) is 9.59 Å². The molecule has 7 nitrogen and oxygen atoms in total. The minimum Gasteiger partial charge on any atom is -0.444 e. The van der Waals surface area contributed by atoms with Crippen LogP contribution in [0.25, 0.3) is 0 Å². The molecule has 144 valence electrons. The lowest BCUT2D eigenvalue weighted by atomic mass is 10.2. The molecule has 0 radical (unpaired) electrons. The molecule has 2 amide bonds. The van der Waals surface area contributed by atoms with Gasteiger partial charge in [-0.05, 0) is 40.9 Å². The molecule has 26 heavy (non-hydrogen) atoms. The molecule has 1 aliphatic heterocycles. The summed E-state index contributed by atoms with van der Waals surface area (Å²) in [5, 5.41) is 2.63. The number of carbonyl (C=O) groups is 2. The fraction of sp³-hybridized carbons (Fsp3) is 0.611. The fourth-order valence-electron chi connectivity index (χ4n) is 2.55. The summed E-state index contributed by atoms with van der Waals surface area (Å²) in [6.45, 7) is 6.73. The molecule has 0 aliphatic carbocycles. The number of rotatable bonds is 5. The van der Waals surface area contributed by atoms with Gasteiger partial charge in [-0.3, -0.25) is 14.7 Å². The van der Waals surface area contributed by atoms with E-state index in [1.807, 2.05) is 51.9 Å². The number of hydrogen-bond acceptors (Lipinski definition) is 6. The molecule has 1 saturated heterocycles. The van der Waals surface area contributed by atoms with E-state index in [1.165, 1.54) is 4.90 Å². The second-order valence-electron chi connectivity index (χ2n) is 7.47. The first-order valence-corrected chi connectivity index (χ1v) is 9.69. The van der Waals surface area contributed by atoms with Crippen LogP contribution in [0.3, 0.4) is 0 Å². The summed E-state index contributed by atoms with van der Waals surface area (Å²) in [4.78, 5) is 33.2. The topological polar surface area (TPSA) is 74.8 Å². The summed E-state index contributed by atoms with van der Waals surface area (Å²) in [7, 11) is 3.89. The maximum Gasteiger partial charge on any atom is 0.412 e. The Morgan fingerprint density at radius 2 is 2.15 bits per heavy atom. The number of nitrogens with zero attached hydrogens (tertiary/aromatic N) is 3. The van der Waals surface area contributed by atoms with E-state index in [1.54, 1.807) is 24.2 Å². The molecule has 1 N–H and O–H groups in total. The van der Waals surface area contributed by atoms with Gasteiger partial charge in [-0.25, -0.2) is 4.79 Å². The van der Waals surface area contributed by atoms with Gasteiger partial charge in [0.15, 0.2) is 0 Å². The van der Waals surface area contributed by atoms with Crippen LogP contribution in [0.15, 0.2) is 24.5 Å². The van der Waals surface area contributed by atoms with Crippen molar-refractivity contribution in [1.82, 2.24) is 20.1 Å². The Morgan fingerprint density at radius 1 is 1.42 bits per heavy atom. The largest absolute Gasteiger partial charge is 0.444 e. The Hall–Kier alpha value is -1.80. The first-order valence-electron chi connectivity index (χ1n) is 8.64. The Labute approximate surface area is 159 Å². The third-order valence-electron chi connectivity index (χ3n) is 3.74. The number of hydrogen-bond donors (Lipinski definition) is 1. The molecule has 1 aliphatic rings. The van der Waals surface area contributed by atoms with Crippen molar-refractivity contribution in [2.45, 2.75) is 37.8 Å². The van der Waals surface area contributed by atoms with Crippen LogP contribution < -0.4 is 5.32 Å². The van der Waals surface area contributed by atoms with Gasteiger partial charge in [0, 0.05) is 36.8 Å². The van der Waals surface area contributed by atoms with Crippen LogP contribution in [0.2, 0.25) is 0 Å². The highest BCUT2D eigenvalue weighted by Gasteiger charge is 2.44. The van der Waals surface area contributed by atoms with Crippen LogP contribution in [-0.2, 0) is 9.53 Å². The number of amides is 2. The maximum atomic E-state index is 12.8. The molecule has 2 unspecified atom stereocenters. The van der Waals surface area contributed by atoms with Crippen molar-refractivity contribution in [2.24, 2.45) is 0 Å². The SMILES string of the molecule is CN(C)CCNC(=O)C1CSC(c2cccnc2)N1C(=O)OC(C)(C)C. The van der Waals surface area contributed by atoms with Crippen molar-refractivity contribution in [1.29, 1.82) is 0 Å². The highest BCUT2D eigenvalue weighted by molar-refractivity contribution is 7.99. The second kappa shape index (κ2) is 8.73. The number of nitrogens with one attached hydrogen (secondary N) is 1. The predicted octanol–water partition coefficient (Wildman–Crippen LogP) is 2.11. The van der Waals surface area contributed by atoms with Crippen molar-refractivity contribution < 1.29 is 14.3 Å². The van der Waals surface area contributed by atoms with Gasteiger partial charge < -0.3 is 15.0 Å². The molecule has 0 aromatic carbocycles. The van der Waals surface area contributed by atoms with E-state index in [4.69, 9.17) is 4.74 Å². The normalized spacial score (nSPS) is 20.3. The Bertz CT molecular complexity index is 619. The standard InChI is InChI=1S/C18H28N4O3S/c1-18(2,3)25-17(24)22-14(15(23)20-9-10-21(4)5)12-26-16(22)13-7-6-8-19-11-13/h6-8,11,14,16H,9-10,12H2,1-5H3,(H,20,23). The van der Waals surface area contributed by atoms with Crippen LogP contribution in [0.1, 0.15) is 31.7 Å². The van der Waals surface area contributed by atoms with Crippen LogP contribution in [0.5, 0.6) is 0 Å². The van der Waals surface area contributed by atoms with E-state index >= 15 is 0 Å². The maximum absolute atomic E-state index is 12.8. The van der Waals surface area contributed by atoms with Crippen molar-refractivity contribution in [3.05, 3.63) is 30.1 Å². The molecular weight excluding hydrogens is 352 g/mol. The van der Waals surface area contributed by atoms with Crippen LogP contribution in [-0.4, -0.2) is 71.4 Å². The second-order valence-corrected chi connectivity index (χ2v) is 8.58. The van der Waals surface area contributed by atoms with Crippen molar-refractivity contribution >= 4 is 23.8 Å². The molecular formula is C18H28N4O3S. The lowest BCUT2D eigenvalue weighted by Crippen LogP contribution is -2.50. The lowest BCUT2D eigenvalue weighted by molar-refractivity contribution is -0.125. The average Bonchev–Trinajstić information content (AvgIpc) is 2.99. The van der Waals surface area contributed by atoms with Gasteiger partial charge >= 0.3 is 6.09 Å². The number of likely N-dealkylation sites (N-methyl/N-ethyl adjacent to an activating group) is 1. The van der Waals surface area contributed by atoms with Crippen LogP contribution >= 0.6 is 11.8 Å². The Balaban J connectivity index is 2.18. The number of carbonyl (C=O) groups excluding carboxylic acids is 2. The molecule has 1 aromatic rings. The molecule has 0 saturated carbocycles. The van der Waals surface area contributed by atoms with E-state index in [0.717, 1.165) is 12.1 Å². The Morgan fingerprint density at radius 3 is 2.73 bits per heavy atom. The summed E-state index contributed by atoms with van der Waals surface area (Å²) < 4.78 is 5.56. The van der Waals surface area contributed by atoms with Gasteiger partial charge in [0.2, 0.25) is 5.91 Å². The molecule has 1 aromatic heterocycles. The third-order valence-corrected chi connectivity index (χ3v) is 5.06. The quantitative estimate of drug-likeness (QED) is 0.843. The number of thioether (sulfide) groups is 1. The molecule has 0 spiro atoms. The van der Waals surface area contributed by atoms with Crippen molar-refractivity contribution in [3.8, 4) is 0 Å². The summed E-state index contributed by atoms with van der Waals surface area (Å²) in [6.07, 6.45) is 2.93. The zero-order chi connectivity index (χ0) is 19.3. The highest BCUT2D eigenvalue weighted by Crippen LogP contribution is 2.41. The smallest absolute Gasteiger partial charge is 0.412 e. The van der Waals surface area contributed by atoms with E-state index in [-0.39, 0.29) is 11.3 Å². The molecule has 2 heterocycles. The summed E-state index contributed by atoms with van der Waals surface area (Å²) >= 11 is 1.55. The monoisotopic (exact) mass is 380 g/mol. The molecule has 1 fully saturated rings. The first-order chi connectivity index (χ1) is 12.2.